The summed E-state index contributed by atoms with van der Waals surface area (Å²) in [6.07, 6.45) is 13.1. The zero-order valence-corrected chi connectivity index (χ0v) is 19.0. The van der Waals surface area contributed by atoms with Gasteiger partial charge in [-0.1, -0.05) is 24.3 Å². The van der Waals surface area contributed by atoms with Crippen molar-refractivity contribution in [2.45, 2.75) is 23.9 Å². The Morgan fingerprint density at radius 1 is 1.18 bits per heavy atom. The van der Waals surface area contributed by atoms with Gasteiger partial charge in [0.05, 0.1) is 18.3 Å². The molecule has 4 rings (SSSR count). The molecular formula is C23H24N6O4S. The minimum absolute atomic E-state index is 0.00752. The third-order valence-electron chi connectivity index (χ3n) is 5.22. The molecule has 0 aliphatic heterocycles. The Balaban J connectivity index is 1.56. The van der Waals surface area contributed by atoms with Gasteiger partial charge in [0.15, 0.2) is 0 Å². The maximum Gasteiger partial charge on any atom is 0.322 e. The van der Waals surface area contributed by atoms with Gasteiger partial charge < -0.3 is 10.4 Å². The first-order valence-corrected chi connectivity index (χ1v) is 12.0. The van der Waals surface area contributed by atoms with Crippen molar-refractivity contribution in [2.75, 3.05) is 18.4 Å². The molecule has 3 aromatic heterocycles. The predicted octanol–water partition coefficient (Wildman–Crippen LogP) is 2.49. The third kappa shape index (κ3) is 5.74. The molecule has 3 aromatic rings. The van der Waals surface area contributed by atoms with Gasteiger partial charge in [-0.05, 0) is 42.3 Å². The Morgan fingerprint density at radius 2 is 2.06 bits per heavy atom. The average molecular weight is 481 g/mol. The van der Waals surface area contributed by atoms with Crippen LogP contribution in [-0.4, -0.2) is 56.6 Å². The number of allylic oxidation sites excluding steroid dienone is 2. The van der Waals surface area contributed by atoms with Crippen molar-refractivity contribution in [1.82, 2.24) is 24.1 Å². The summed E-state index contributed by atoms with van der Waals surface area (Å²) in [6, 6.07) is 10.1. The van der Waals surface area contributed by atoms with Crippen molar-refractivity contribution < 1.29 is 18.3 Å². The first-order chi connectivity index (χ1) is 16.4. The number of aromatic nitrogens is 4. The van der Waals surface area contributed by atoms with E-state index in [1.807, 2.05) is 35.2 Å². The lowest BCUT2D eigenvalue weighted by molar-refractivity contribution is -0.134. The van der Waals surface area contributed by atoms with Crippen LogP contribution in [0, 0.1) is 0 Å². The van der Waals surface area contributed by atoms with E-state index in [1.165, 1.54) is 22.8 Å². The van der Waals surface area contributed by atoms with E-state index in [0.29, 0.717) is 17.9 Å². The normalized spacial score (nSPS) is 15.8. The highest BCUT2D eigenvalue weighted by Crippen LogP contribution is 2.24. The molecule has 0 spiro atoms. The second kappa shape index (κ2) is 10.4. The van der Waals surface area contributed by atoms with Gasteiger partial charge in [-0.15, -0.1) is 0 Å². The van der Waals surface area contributed by atoms with E-state index in [1.54, 1.807) is 30.5 Å². The van der Waals surface area contributed by atoms with Crippen LogP contribution in [0.5, 0.6) is 0 Å². The first kappa shape index (κ1) is 23.3. The molecule has 0 saturated carbocycles. The molecule has 0 fully saturated rings. The minimum atomic E-state index is -3.87. The van der Waals surface area contributed by atoms with Gasteiger partial charge in [0.25, 0.3) is 0 Å². The van der Waals surface area contributed by atoms with E-state index < -0.39 is 16.0 Å². The molecule has 1 aliphatic rings. The number of pyridine rings is 2. The number of nitrogens with one attached hydrogen (secondary N) is 1. The summed E-state index contributed by atoms with van der Waals surface area (Å²) in [6.45, 7) is -0.134. The van der Waals surface area contributed by atoms with Crippen molar-refractivity contribution in [1.29, 1.82) is 0 Å². The summed E-state index contributed by atoms with van der Waals surface area (Å²) in [5, 5.41) is 15.9. The summed E-state index contributed by atoms with van der Waals surface area (Å²) >= 11 is 0. The number of carbonyl (C=O) groups is 1. The molecule has 0 aromatic carbocycles. The smallest absolute Gasteiger partial charge is 0.322 e. The molecule has 1 atom stereocenters. The van der Waals surface area contributed by atoms with Crippen LogP contribution in [0.1, 0.15) is 18.2 Å². The van der Waals surface area contributed by atoms with E-state index in [9.17, 15) is 13.2 Å². The molecule has 176 valence electrons. The molecule has 0 bridgehead atoms. The highest BCUT2D eigenvalue weighted by atomic mass is 32.2. The Hall–Kier alpha value is -3.83. The van der Waals surface area contributed by atoms with Crippen LogP contribution in [0.25, 0.3) is 0 Å². The maximum absolute atomic E-state index is 13.5. The largest absolute Gasteiger partial charge is 0.480 e. The summed E-state index contributed by atoms with van der Waals surface area (Å²) in [4.78, 5) is 19.3. The predicted molar refractivity (Wildman–Crippen MR) is 125 cm³/mol. The summed E-state index contributed by atoms with van der Waals surface area (Å²) in [5.74, 6) is -0.658. The molecule has 34 heavy (non-hydrogen) atoms. The van der Waals surface area contributed by atoms with E-state index in [-0.39, 0.29) is 30.6 Å². The molecule has 0 radical (unpaired) electrons. The molecular weight excluding hydrogens is 456 g/mol. The highest BCUT2D eigenvalue weighted by Gasteiger charge is 2.26. The fraction of sp³-hybridized carbons (Fsp3) is 0.217. The third-order valence-corrected chi connectivity index (χ3v) is 6.99. The molecule has 1 unspecified atom stereocenters. The zero-order chi connectivity index (χ0) is 24.0. The molecule has 0 saturated heterocycles. The Labute approximate surface area is 197 Å². The van der Waals surface area contributed by atoms with Gasteiger partial charge in [0.1, 0.15) is 17.3 Å². The number of carboxylic acids is 1. The van der Waals surface area contributed by atoms with Crippen molar-refractivity contribution in [3.63, 3.8) is 0 Å². The number of aliphatic carboxylic acids is 1. The van der Waals surface area contributed by atoms with Gasteiger partial charge in [-0.25, -0.2) is 13.4 Å². The number of nitrogens with zero attached hydrogens (tertiary/aromatic N) is 5. The molecule has 1 aliphatic carbocycles. The van der Waals surface area contributed by atoms with E-state index >= 15 is 0 Å². The van der Waals surface area contributed by atoms with Crippen molar-refractivity contribution in [3.8, 4) is 0 Å². The van der Waals surface area contributed by atoms with Gasteiger partial charge in [0, 0.05) is 31.3 Å². The number of hydrogen-bond donors (Lipinski definition) is 2. The quantitative estimate of drug-likeness (QED) is 0.453. The van der Waals surface area contributed by atoms with E-state index in [0.717, 1.165) is 5.57 Å². The van der Waals surface area contributed by atoms with Crippen LogP contribution in [0.2, 0.25) is 0 Å². The molecule has 0 amide bonds. The zero-order valence-electron chi connectivity index (χ0n) is 18.2. The first-order valence-electron chi connectivity index (χ1n) is 10.6. The van der Waals surface area contributed by atoms with Crippen LogP contribution in [0.3, 0.4) is 0 Å². The second-order valence-corrected chi connectivity index (χ2v) is 9.59. The van der Waals surface area contributed by atoms with Gasteiger partial charge >= 0.3 is 5.97 Å². The van der Waals surface area contributed by atoms with E-state index in [2.05, 4.69) is 20.4 Å². The number of rotatable bonds is 10. The Bertz CT molecular complexity index is 1290. The van der Waals surface area contributed by atoms with Gasteiger partial charge in [-0.3, -0.25) is 14.5 Å². The average Bonchev–Trinajstić information content (AvgIpc) is 3.39. The lowest BCUT2D eigenvalue weighted by Crippen LogP contribution is -2.33. The van der Waals surface area contributed by atoms with Crippen LogP contribution in [-0.2, 0) is 21.4 Å². The highest BCUT2D eigenvalue weighted by molar-refractivity contribution is 7.89. The summed E-state index contributed by atoms with van der Waals surface area (Å²) in [5.41, 5.74) is 1.34. The number of hydrogen-bond acceptors (Lipinski definition) is 7. The standard InChI is InChI=1S/C23H24N6O4S/c30-23(31)15-25-22-6-1-4-19(27-22)17-28(34(32,33)21-5-2-11-24-14-21)16-18-7-9-20(10-8-18)29-13-3-12-26-29/h1-9,11-14,20H,10,15-17H2,(H,25,27)(H,30,31). The summed E-state index contributed by atoms with van der Waals surface area (Å²) in [7, 11) is -3.87. The van der Waals surface area contributed by atoms with Crippen LogP contribution < -0.4 is 5.32 Å². The topological polar surface area (TPSA) is 130 Å². The van der Waals surface area contributed by atoms with Crippen LogP contribution in [0.15, 0.2) is 89.9 Å². The molecule has 2 N–H and O–H groups in total. The van der Waals surface area contributed by atoms with Crippen LogP contribution >= 0.6 is 0 Å². The number of carboxylic acid groups (broad SMARTS) is 1. The lowest BCUT2D eigenvalue weighted by Gasteiger charge is -2.24. The molecule has 3 heterocycles. The lowest BCUT2D eigenvalue weighted by atomic mass is 10.0. The fourth-order valence-electron chi connectivity index (χ4n) is 3.53. The molecule has 11 heteroatoms. The number of anilines is 1. The Kier molecular flexibility index (Phi) is 7.14. The second-order valence-electron chi connectivity index (χ2n) is 7.65. The minimum Gasteiger partial charge on any atom is -0.480 e. The van der Waals surface area contributed by atoms with Crippen molar-refractivity contribution in [2.24, 2.45) is 0 Å². The maximum atomic E-state index is 13.5. The van der Waals surface area contributed by atoms with E-state index in [4.69, 9.17) is 5.11 Å². The van der Waals surface area contributed by atoms with Crippen molar-refractivity contribution in [3.05, 3.63) is 90.7 Å². The molecule has 10 nitrogen and oxygen atoms in total. The SMILES string of the molecule is O=C(O)CNc1cccc(CN(CC2=CCC(n3cccn3)C=C2)S(=O)(=O)c2cccnc2)n1. The fourth-order valence-corrected chi connectivity index (χ4v) is 4.90. The summed E-state index contributed by atoms with van der Waals surface area (Å²) < 4.78 is 30.1. The monoisotopic (exact) mass is 480 g/mol. The van der Waals surface area contributed by atoms with Gasteiger partial charge in [0.2, 0.25) is 10.0 Å². The number of sulfonamides is 1. The van der Waals surface area contributed by atoms with Crippen LogP contribution in [0.4, 0.5) is 5.82 Å². The van der Waals surface area contributed by atoms with Gasteiger partial charge in [-0.2, -0.15) is 9.40 Å². The Morgan fingerprint density at radius 3 is 2.74 bits per heavy atom. The van der Waals surface area contributed by atoms with Crippen molar-refractivity contribution >= 4 is 21.8 Å².